The van der Waals surface area contributed by atoms with Gasteiger partial charge in [-0.15, -0.1) is 0 Å². The van der Waals surface area contributed by atoms with Crippen molar-refractivity contribution in [2.75, 3.05) is 13.2 Å². The normalized spacial score (nSPS) is 16.9. The van der Waals surface area contributed by atoms with Gasteiger partial charge >= 0.3 is 0 Å². The molecule has 0 atom stereocenters. The highest BCUT2D eigenvalue weighted by Gasteiger charge is 2.32. The lowest BCUT2D eigenvalue weighted by atomic mass is 10.1. The van der Waals surface area contributed by atoms with Crippen molar-refractivity contribution in [3.8, 4) is 11.5 Å². The second kappa shape index (κ2) is 5.73. The molecule has 0 fully saturated rings. The average Bonchev–Trinajstić information content (AvgIpc) is 3.05. The number of hydrogen-bond acceptors (Lipinski definition) is 6. The molecule has 1 N–H and O–H groups in total. The second-order valence-corrected chi connectivity index (χ2v) is 7.62. The predicted molar refractivity (Wildman–Crippen MR) is 84.0 cm³/mol. The Morgan fingerprint density at radius 2 is 1.83 bits per heavy atom. The maximum absolute atomic E-state index is 12.9. The molecule has 4 rings (SSSR count). The summed E-state index contributed by atoms with van der Waals surface area (Å²) in [7, 11) is -3.65. The summed E-state index contributed by atoms with van der Waals surface area (Å²) in [6, 6.07) is 6.40. The van der Waals surface area contributed by atoms with Crippen LogP contribution >= 0.6 is 0 Å². The summed E-state index contributed by atoms with van der Waals surface area (Å²) in [6.07, 6.45) is 1.63. The van der Waals surface area contributed by atoms with Crippen molar-refractivity contribution in [2.45, 2.75) is 24.6 Å². The molecule has 3 heterocycles. The number of nitrogens with zero attached hydrogens (tertiary/aromatic N) is 2. The first-order chi connectivity index (χ1) is 11.6. The third kappa shape index (κ3) is 2.52. The second-order valence-electron chi connectivity index (χ2n) is 5.68. The molecule has 8 heteroatoms. The third-order valence-corrected chi connectivity index (χ3v) is 5.93. The zero-order valence-corrected chi connectivity index (χ0v) is 13.6. The van der Waals surface area contributed by atoms with Gasteiger partial charge in [-0.2, -0.15) is 4.31 Å². The molecule has 0 radical (unpaired) electrons. The Balaban J connectivity index is 1.64. The molecule has 2 aromatic rings. The van der Waals surface area contributed by atoms with Crippen LogP contribution in [0.25, 0.3) is 0 Å². The van der Waals surface area contributed by atoms with Gasteiger partial charge in [0.1, 0.15) is 13.2 Å². The average molecular weight is 348 g/mol. The predicted octanol–water partition coefficient (Wildman–Crippen LogP) is 1.05. The highest BCUT2D eigenvalue weighted by atomic mass is 32.2. The third-order valence-electron chi connectivity index (χ3n) is 4.15. The number of aromatic nitrogens is 1. The zero-order valence-electron chi connectivity index (χ0n) is 12.8. The van der Waals surface area contributed by atoms with E-state index >= 15 is 0 Å². The Labute approximate surface area is 139 Å². The number of pyridine rings is 1. The van der Waals surface area contributed by atoms with Gasteiger partial charge in [-0.3, -0.25) is 4.98 Å². The number of sulfonamides is 1. The van der Waals surface area contributed by atoms with Gasteiger partial charge in [0, 0.05) is 25.4 Å². The summed E-state index contributed by atoms with van der Waals surface area (Å²) in [5.74, 6) is 1.00. The molecule has 1 aromatic carbocycles. The number of aliphatic hydroxyl groups excluding tert-OH is 1. The van der Waals surface area contributed by atoms with Crippen LogP contribution in [0.3, 0.4) is 0 Å². The van der Waals surface area contributed by atoms with Gasteiger partial charge in [0.2, 0.25) is 10.0 Å². The van der Waals surface area contributed by atoms with Crippen LogP contribution in [-0.2, 0) is 29.7 Å². The number of benzene rings is 1. The molecular weight excluding hydrogens is 332 g/mol. The quantitative estimate of drug-likeness (QED) is 0.892. The van der Waals surface area contributed by atoms with E-state index in [1.54, 1.807) is 18.3 Å². The topological polar surface area (TPSA) is 89.0 Å². The van der Waals surface area contributed by atoms with Crippen molar-refractivity contribution >= 4 is 10.0 Å². The number of fused-ring (bicyclic) bond motifs is 2. The van der Waals surface area contributed by atoms with Crippen LogP contribution in [0.1, 0.15) is 16.8 Å². The lowest BCUT2D eigenvalue weighted by Crippen LogP contribution is -2.26. The molecule has 1 aromatic heterocycles. The summed E-state index contributed by atoms with van der Waals surface area (Å²) < 4.78 is 38.1. The van der Waals surface area contributed by atoms with Crippen molar-refractivity contribution in [3.05, 3.63) is 47.3 Å². The molecule has 0 unspecified atom stereocenters. The van der Waals surface area contributed by atoms with Crippen molar-refractivity contribution in [2.24, 2.45) is 0 Å². The van der Waals surface area contributed by atoms with E-state index in [0.717, 1.165) is 11.1 Å². The number of rotatable bonds is 3. The van der Waals surface area contributed by atoms with Crippen molar-refractivity contribution in [1.29, 1.82) is 0 Å². The minimum Gasteiger partial charge on any atom is -0.486 e. The number of aliphatic hydroxyl groups is 1. The molecule has 126 valence electrons. The van der Waals surface area contributed by atoms with Gasteiger partial charge in [0.15, 0.2) is 11.5 Å². The Kier molecular flexibility index (Phi) is 3.67. The monoisotopic (exact) mass is 348 g/mol. The Bertz CT molecular complexity index is 897. The highest BCUT2D eigenvalue weighted by Crippen LogP contribution is 2.35. The smallest absolute Gasteiger partial charge is 0.243 e. The Hall–Kier alpha value is -2.16. The van der Waals surface area contributed by atoms with Crippen LogP contribution < -0.4 is 9.47 Å². The molecule has 0 saturated carbocycles. The van der Waals surface area contributed by atoms with Crippen LogP contribution in [0, 0.1) is 0 Å². The van der Waals surface area contributed by atoms with Crippen LogP contribution in [0.2, 0.25) is 0 Å². The first kappa shape index (κ1) is 15.4. The molecule has 7 nitrogen and oxygen atoms in total. The summed E-state index contributed by atoms with van der Waals surface area (Å²) in [5.41, 5.74) is 2.26. The lowest BCUT2D eigenvalue weighted by molar-refractivity contribution is 0.171. The molecule has 0 amide bonds. The first-order valence-corrected chi connectivity index (χ1v) is 8.99. The van der Waals surface area contributed by atoms with Crippen LogP contribution in [-0.4, -0.2) is 36.0 Å². The summed E-state index contributed by atoms with van der Waals surface area (Å²) in [6.45, 7) is 1.23. The zero-order chi connectivity index (χ0) is 16.7. The molecule has 0 spiro atoms. The molecule has 0 saturated heterocycles. The fourth-order valence-electron chi connectivity index (χ4n) is 2.89. The fourth-order valence-corrected chi connectivity index (χ4v) is 4.30. The van der Waals surface area contributed by atoms with E-state index in [1.165, 1.54) is 16.4 Å². The standard InChI is InChI=1S/C16H16N2O5S/c19-10-13-5-11-8-18(9-12(11)7-17-13)24(20,21)14-1-2-15-16(6-14)23-4-3-22-15/h1-2,5-7,19H,3-4,8-10H2. The maximum Gasteiger partial charge on any atom is 0.243 e. The minimum absolute atomic E-state index is 0.164. The highest BCUT2D eigenvalue weighted by molar-refractivity contribution is 7.89. The van der Waals surface area contributed by atoms with Gasteiger partial charge in [-0.25, -0.2) is 8.42 Å². The van der Waals surface area contributed by atoms with E-state index in [1.807, 2.05) is 0 Å². The molecule has 24 heavy (non-hydrogen) atoms. The number of ether oxygens (including phenoxy) is 2. The van der Waals surface area contributed by atoms with Crippen LogP contribution in [0.15, 0.2) is 35.4 Å². The van der Waals surface area contributed by atoms with Crippen molar-refractivity contribution in [3.63, 3.8) is 0 Å². The van der Waals surface area contributed by atoms with Gasteiger partial charge in [-0.05, 0) is 29.3 Å². The van der Waals surface area contributed by atoms with E-state index in [-0.39, 0.29) is 24.6 Å². The van der Waals surface area contributed by atoms with E-state index in [2.05, 4.69) is 4.98 Å². The van der Waals surface area contributed by atoms with E-state index in [0.29, 0.717) is 30.4 Å². The van der Waals surface area contributed by atoms with Crippen LogP contribution in [0.4, 0.5) is 0 Å². The van der Waals surface area contributed by atoms with Crippen molar-refractivity contribution in [1.82, 2.24) is 9.29 Å². The maximum atomic E-state index is 12.9. The van der Waals surface area contributed by atoms with E-state index < -0.39 is 10.0 Å². The largest absolute Gasteiger partial charge is 0.486 e. The van der Waals surface area contributed by atoms with Crippen molar-refractivity contribution < 1.29 is 23.0 Å². The number of hydrogen-bond donors (Lipinski definition) is 1. The molecule has 2 aliphatic heterocycles. The molecular formula is C16H16N2O5S. The van der Waals surface area contributed by atoms with Crippen LogP contribution in [0.5, 0.6) is 11.5 Å². The van der Waals surface area contributed by atoms with Gasteiger partial charge in [-0.1, -0.05) is 0 Å². The molecule has 2 aliphatic rings. The summed E-state index contributed by atoms with van der Waals surface area (Å²) in [4.78, 5) is 4.28. The van der Waals surface area contributed by atoms with Gasteiger partial charge in [0.05, 0.1) is 17.2 Å². The fraction of sp³-hybridized carbons (Fsp3) is 0.312. The Morgan fingerprint density at radius 3 is 2.62 bits per heavy atom. The van der Waals surface area contributed by atoms with Gasteiger partial charge in [0.25, 0.3) is 0 Å². The molecule has 0 bridgehead atoms. The summed E-state index contributed by atoms with van der Waals surface area (Å²) >= 11 is 0. The van der Waals surface area contributed by atoms with Gasteiger partial charge < -0.3 is 14.6 Å². The SMILES string of the molecule is O=S(=O)(c1ccc2c(c1)OCCO2)N1Cc2cnc(CO)cc2C1. The summed E-state index contributed by atoms with van der Waals surface area (Å²) in [5, 5.41) is 9.17. The Morgan fingerprint density at radius 1 is 1.08 bits per heavy atom. The van der Waals surface area contributed by atoms with E-state index in [9.17, 15) is 8.42 Å². The van der Waals surface area contributed by atoms with E-state index in [4.69, 9.17) is 14.6 Å². The minimum atomic E-state index is -3.65. The molecule has 0 aliphatic carbocycles. The lowest BCUT2D eigenvalue weighted by Gasteiger charge is -2.20. The first-order valence-electron chi connectivity index (χ1n) is 7.55.